The molecule has 1 N–H and O–H groups in total. The number of carbonyl (C=O) groups is 1. The number of thioether (sulfide) groups is 1. The van der Waals surface area contributed by atoms with Crippen molar-refractivity contribution in [3.05, 3.63) is 33.9 Å². The SMILES string of the molecule is CC1CCN(c2ccc([N+](=O)[O-])cc2C(=O)NC2CCSCC2)CC1. The molecule has 25 heavy (non-hydrogen) atoms. The maximum atomic E-state index is 12.8. The van der Waals surface area contributed by atoms with E-state index in [1.807, 2.05) is 11.8 Å². The first-order chi connectivity index (χ1) is 12.0. The smallest absolute Gasteiger partial charge is 0.270 e. The minimum absolute atomic E-state index is 0.0292. The van der Waals surface area contributed by atoms with Crippen LogP contribution in [0, 0.1) is 16.0 Å². The average Bonchev–Trinajstić information content (AvgIpc) is 2.62. The summed E-state index contributed by atoms with van der Waals surface area (Å²) < 4.78 is 0. The van der Waals surface area contributed by atoms with Crippen LogP contribution in [0.4, 0.5) is 11.4 Å². The van der Waals surface area contributed by atoms with Crippen molar-refractivity contribution in [3.63, 3.8) is 0 Å². The van der Waals surface area contributed by atoms with Gasteiger partial charge < -0.3 is 10.2 Å². The van der Waals surface area contributed by atoms with E-state index in [4.69, 9.17) is 0 Å². The number of hydrogen-bond donors (Lipinski definition) is 1. The van der Waals surface area contributed by atoms with Crippen LogP contribution in [0.1, 0.15) is 43.0 Å². The number of nitrogens with one attached hydrogen (secondary N) is 1. The fourth-order valence-electron chi connectivity index (χ4n) is 3.45. The number of carbonyl (C=O) groups excluding carboxylic acids is 1. The van der Waals surface area contributed by atoms with Gasteiger partial charge in [-0.05, 0) is 49.2 Å². The summed E-state index contributed by atoms with van der Waals surface area (Å²) in [6.45, 7) is 4.01. The van der Waals surface area contributed by atoms with Crippen LogP contribution in [0.3, 0.4) is 0 Å². The predicted molar refractivity (Wildman–Crippen MR) is 102 cm³/mol. The summed E-state index contributed by atoms with van der Waals surface area (Å²) in [4.78, 5) is 25.8. The van der Waals surface area contributed by atoms with Gasteiger partial charge in [-0.25, -0.2) is 0 Å². The monoisotopic (exact) mass is 363 g/mol. The minimum Gasteiger partial charge on any atom is -0.371 e. The second-order valence-corrected chi connectivity index (χ2v) is 8.21. The van der Waals surface area contributed by atoms with Crippen LogP contribution in [0.2, 0.25) is 0 Å². The Morgan fingerprint density at radius 1 is 1.24 bits per heavy atom. The van der Waals surface area contributed by atoms with E-state index in [0.717, 1.165) is 56.0 Å². The first-order valence-electron chi connectivity index (χ1n) is 8.96. The van der Waals surface area contributed by atoms with Gasteiger partial charge in [-0.3, -0.25) is 14.9 Å². The van der Waals surface area contributed by atoms with Crippen molar-refractivity contribution in [2.75, 3.05) is 29.5 Å². The number of nitro benzene ring substituents is 1. The summed E-state index contributed by atoms with van der Waals surface area (Å²) in [6, 6.07) is 4.84. The van der Waals surface area contributed by atoms with Gasteiger partial charge >= 0.3 is 0 Å². The lowest BCUT2D eigenvalue weighted by atomic mass is 9.97. The highest BCUT2D eigenvalue weighted by molar-refractivity contribution is 7.99. The van der Waals surface area contributed by atoms with Gasteiger partial charge in [0.05, 0.1) is 16.2 Å². The lowest BCUT2D eigenvalue weighted by molar-refractivity contribution is -0.384. The molecule has 0 atom stereocenters. The fraction of sp³-hybridized carbons (Fsp3) is 0.611. The Morgan fingerprint density at radius 2 is 1.92 bits per heavy atom. The second-order valence-electron chi connectivity index (χ2n) is 6.99. The number of non-ortho nitro benzene ring substituents is 1. The summed E-state index contributed by atoms with van der Waals surface area (Å²) in [5.74, 6) is 2.61. The van der Waals surface area contributed by atoms with E-state index in [0.29, 0.717) is 11.5 Å². The number of rotatable bonds is 4. The van der Waals surface area contributed by atoms with Crippen molar-refractivity contribution in [3.8, 4) is 0 Å². The van der Waals surface area contributed by atoms with E-state index < -0.39 is 4.92 Å². The summed E-state index contributed by atoms with van der Waals surface area (Å²) in [5.41, 5.74) is 1.22. The Hall–Kier alpha value is -1.76. The number of nitro groups is 1. The van der Waals surface area contributed by atoms with Gasteiger partial charge in [0.25, 0.3) is 11.6 Å². The molecule has 1 aromatic rings. The molecule has 0 aromatic heterocycles. The Morgan fingerprint density at radius 3 is 2.56 bits per heavy atom. The maximum Gasteiger partial charge on any atom is 0.270 e. The van der Waals surface area contributed by atoms with E-state index >= 15 is 0 Å². The topological polar surface area (TPSA) is 75.5 Å². The summed E-state index contributed by atoms with van der Waals surface area (Å²) in [7, 11) is 0. The largest absolute Gasteiger partial charge is 0.371 e. The average molecular weight is 363 g/mol. The third kappa shape index (κ3) is 4.45. The van der Waals surface area contributed by atoms with Crippen LogP contribution < -0.4 is 10.2 Å². The molecule has 136 valence electrons. The number of amides is 1. The number of anilines is 1. The van der Waals surface area contributed by atoms with Crippen LogP contribution in [-0.2, 0) is 0 Å². The standard InChI is InChI=1S/C18H25N3O3S/c1-13-4-8-20(9-5-13)17-3-2-15(21(23)24)12-16(17)18(22)19-14-6-10-25-11-7-14/h2-3,12-14H,4-11H2,1H3,(H,19,22). The van der Waals surface area contributed by atoms with Crippen LogP contribution in [0.15, 0.2) is 18.2 Å². The number of benzene rings is 1. The molecule has 2 aliphatic rings. The Balaban J connectivity index is 1.84. The molecule has 0 radical (unpaired) electrons. The molecule has 3 rings (SSSR count). The van der Waals surface area contributed by atoms with E-state index in [-0.39, 0.29) is 17.6 Å². The van der Waals surface area contributed by atoms with Gasteiger partial charge in [-0.2, -0.15) is 11.8 Å². The van der Waals surface area contributed by atoms with Crippen LogP contribution in [-0.4, -0.2) is 41.5 Å². The highest BCUT2D eigenvalue weighted by Crippen LogP contribution is 2.29. The highest BCUT2D eigenvalue weighted by Gasteiger charge is 2.25. The molecule has 0 aliphatic carbocycles. The fourth-order valence-corrected chi connectivity index (χ4v) is 4.56. The van der Waals surface area contributed by atoms with Gasteiger partial charge in [0.15, 0.2) is 0 Å². The molecule has 2 aliphatic heterocycles. The van der Waals surface area contributed by atoms with E-state index in [9.17, 15) is 14.9 Å². The molecule has 7 heteroatoms. The van der Waals surface area contributed by atoms with Gasteiger partial charge in [0.1, 0.15) is 0 Å². The number of nitrogens with zero attached hydrogens (tertiary/aromatic N) is 2. The molecule has 0 saturated carbocycles. The zero-order valence-electron chi connectivity index (χ0n) is 14.6. The Bertz CT molecular complexity index is 638. The maximum absolute atomic E-state index is 12.8. The second kappa shape index (κ2) is 8.08. The van der Waals surface area contributed by atoms with Crippen molar-refractivity contribution in [2.45, 2.75) is 38.6 Å². The summed E-state index contributed by atoms with van der Waals surface area (Å²) >= 11 is 1.91. The molecule has 1 amide bonds. The van der Waals surface area contributed by atoms with Crippen molar-refractivity contribution in [1.29, 1.82) is 0 Å². The zero-order chi connectivity index (χ0) is 17.8. The van der Waals surface area contributed by atoms with Crippen LogP contribution in [0.5, 0.6) is 0 Å². The van der Waals surface area contributed by atoms with Gasteiger partial charge in [0.2, 0.25) is 0 Å². The molecule has 2 fully saturated rings. The van der Waals surface area contributed by atoms with Crippen molar-refractivity contribution in [2.24, 2.45) is 5.92 Å². The van der Waals surface area contributed by atoms with Crippen molar-refractivity contribution >= 4 is 29.0 Å². The van der Waals surface area contributed by atoms with E-state index in [1.165, 1.54) is 12.1 Å². The molecule has 0 unspecified atom stereocenters. The predicted octanol–water partition coefficient (Wildman–Crippen LogP) is 3.46. The summed E-state index contributed by atoms with van der Waals surface area (Å²) in [6.07, 6.45) is 4.08. The van der Waals surface area contributed by atoms with E-state index in [1.54, 1.807) is 6.07 Å². The van der Waals surface area contributed by atoms with E-state index in [2.05, 4.69) is 17.1 Å². The van der Waals surface area contributed by atoms with Crippen molar-refractivity contribution < 1.29 is 9.72 Å². The molecule has 1 aromatic carbocycles. The zero-order valence-corrected chi connectivity index (χ0v) is 15.4. The Kier molecular flexibility index (Phi) is 5.83. The third-order valence-corrected chi connectivity index (χ3v) is 6.17. The minimum atomic E-state index is -0.434. The number of hydrogen-bond acceptors (Lipinski definition) is 5. The highest BCUT2D eigenvalue weighted by atomic mass is 32.2. The molecular weight excluding hydrogens is 338 g/mol. The van der Waals surface area contributed by atoms with Crippen molar-refractivity contribution in [1.82, 2.24) is 5.32 Å². The first-order valence-corrected chi connectivity index (χ1v) is 10.1. The van der Waals surface area contributed by atoms with Gasteiger partial charge in [-0.15, -0.1) is 0 Å². The molecule has 2 saturated heterocycles. The lowest BCUT2D eigenvalue weighted by Gasteiger charge is -2.33. The Labute approximate surface area is 152 Å². The first kappa shape index (κ1) is 18.0. The normalized spacial score (nSPS) is 19.6. The van der Waals surface area contributed by atoms with Gasteiger partial charge in [0, 0.05) is 31.3 Å². The van der Waals surface area contributed by atoms with Crippen LogP contribution >= 0.6 is 11.8 Å². The molecule has 2 heterocycles. The lowest BCUT2D eigenvalue weighted by Crippen LogP contribution is -2.39. The quantitative estimate of drug-likeness (QED) is 0.655. The summed E-state index contributed by atoms with van der Waals surface area (Å²) in [5, 5.41) is 14.2. The van der Waals surface area contributed by atoms with Crippen LogP contribution in [0.25, 0.3) is 0 Å². The molecule has 0 spiro atoms. The molecule has 6 nitrogen and oxygen atoms in total. The van der Waals surface area contributed by atoms with Gasteiger partial charge in [-0.1, -0.05) is 6.92 Å². The molecule has 0 bridgehead atoms. The third-order valence-electron chi connectivity index (χ3n) is 5.12. The molecular formula is C18H25N3O3S. The number of piperidine rings is 1.